The van der Waals surface area contributed by atoms with Crippen molar-refractivity contribution < 1.29 is 14.6 Å². The highest BCUT2D eigenvalue weighted by Gasteiger charge is 2.49. The molecule has 1 aliphatic carbocycles. The average molecular weight is 279 g/mol. The van der Waals surface area contributed by atoms with E-state index < -0.39 is 5.97 Å². The van der Waals surface area contributed by atoms with Gasteiger partial charge in [0, 0.05) is 18.1 Å². The number of nitrogens with two attached hydrogens (primary N) is 1. The highest BCUT2D eigenvalue weighted by molar-refractivity contribution is 5.86. The van der Waals surface area contributed by atoms with Gasteiger partial charge < -0.3 is 20.9 Å². The molecule has 2 atom stereocenters. The van der Waals surface area contributed by atoms with E-state index >= 15 is 0 Å². The summed E-state index contributed by atoms with van der Waals surface area (Å²) in [6.07, 6.45) is 1.06. The third kappa shape index (κ3) is 2.56. The van der Waals surface area contributed by atoms with Crippen molar-refractivity contribution >= 4 is 17.5 Å². The molecule has 2 unspecified atom stereocenters. The first-order chi connectivity index (χ1) is 9.36. The van der Waals surface area contributed by atoms with Crippen LogP contribution in [0.5, 0.6) is 0 Å². The minimum absolute atomic E-state index is 0.0137. The molecule has 20 heavy (non-hydrogen) atoms. The number of anilines is 2. The predicted octanol–water partition coefficient (Wildman–Crippen LogP) is 1.98. The van der Waals surface area contributed by atoms with Gasteiger partial charge in [0.2, 0.25) is 0 Å². The van der Waals surface area contributed by atoms with Gasteiger partial charge in [-0.3, -0.25) is 0 Å². The van der Waals surface area contributed by atoms with Gasteiger partial charge >= 0.3 is 5.97 Å². The molecule has 1 heterocycles. The lowest BCUT2D eigenvalue weighted by molar-refractivity contribution is -0.0976. The summed E-state index contributed by atoms with van der Waals surface area (Å²) in [5, 5.41) is 12.2. The molecule has 2 rings (SSSR count). The van der Waals surface area contributed by atoms with Crippen molar-refractivity contribution in [2.45, 2.75) is 39.3 Å². The van der Waals surface area contributed by atoms with E-state index in [1.54, 1.807) is 6.07 Å². The molecule has 0 saturated heterocycles. The fraction of sp³-hybridized carbons (Fsp3) is 0.571. The summed E-state index contributed by atoms with van der Waals surface area (Å²) >= 11 is 0. The van der Waals surface area contributed by atoms with E-state index in [0.717, 1.165) is 6.42 Å². The molecule has 6 heteroatoms. The Morgan fingerprint density at radius 3 is 2.85 bits per heavy atom. The zero-order chi connectivity index (χ0) is 14.9. The molecule has 0 bridgehead atoms. The molecular weight excluding hydrogens is 258 g/mol. The fourth-order valence-corrected chi connectivity index (χ4v) is 2.48. The maximum Gasteiger partial charge on any atom is 0.354 e. The number of nitrogens with one attached hydrogen (secondary N) is 1. The molecular formula is C14H21N3O3. The molecule has 6 nitrogen and oxygen atoms in total. The number of rotatable bonds is 5. The van der Waals surface area contributed by atoms with Gasteiger partial charge in [-0.2, -0.15) is 0 Å². The van der Waals surface area contributed by atoms with Crippen LogP contribution in [-0.2, 0) is 4.74 Å². The summed E-state index contributed by atoms with van der Waals surface area (Å²) in [7, 11) is 0. The van der Waals surface area contributed by atoms with E-state index in [1.165, 1.54) is 6.07 Å². The van der Waals surface area contributed by atoms with Gasteiger partial charge in [-0.05, 0) is 25.5 Å². The topological polar surface area (TPSA) is 97.5 Å². The first-order valence-corrected chi connectivity index (χ1v) is 6.74. The Kier molecular flexibility index (Phi) is 3.85. The second kappa shape index (κ2) is 5.28. The van der Waals surface area contributed by atoms with Crippen molar-refractivity contribution in [3.63, 3.8) is 0 Å². The van der Waals surface area contributed by atoms with Crippen molar-refractivity contribution in [1.82, 2.24) is 4.98 Å². The van der Waals surface area contributed by atoms with Gasteiger partial charge in [0.25, 0.3) is 0 Å². The second-order valence-electron chi connectivity index (χ2n) is 5.64. The monoisotopic (exact) mass is 279 g/mol. The van der Waals surface area contributed by atoms with Crippen LogP contribution in [0.4, 0.5) is 11.5 Å². The van der Waals surface area contributed by atoms with E-state index in [2.05, 4.69) is 24.1 Å². The first-order valence-electron chi connectivity index (χ1n) is 6.74. The molecule has 1 saturated carbocycles. The van der Waals surface area contributed by atoms with Crippen LogP contribution in [0.25, 0.3) is 0 Å². The molecule has 0 aromatic carbocycles. The van der Waals surface area contributed by atoms with Crippen LogP contribution in [0.2, 0.25) is 0 Å². The van der Waals surface area contributed by atoms with Crippen molar-refractivity contribution in [3.8, 4) is 0 Å². The Morgan fingerprint density at radius 1 is 1.60 bits per heavy atom. The van der Waals surface area contributed by atoms with Crippen molar-refractivity contribution in [2.24, 2.45) is 5.41 Å². The third-order valence-corrected chi connectivity index (χ3v) is 4.00. The van der Waals surface area contributed by atoms with Crippen LogP contribution >= 0.6 is 0 Å². The van der Waals surface area contributed by atoms with Gasteiger partial charge in [-0.1, -0.05) is 13.8 Å². The standard InChI is InChI=1S/C14H21N3O3/c1-4-20-11-7-10(14(11,2)3)17-12-8(15)5-6-9(16-12)13(18)19/h5-6,10-11H,4,7,15H2,1-3H3,(H,16,17)(H,18,19). The number of pyridine rings is 1. The van der Waals surface area contributed by atoms with Crippen LogP contribution < -0.4 is 11.1 Å². The van der Waals surface area contributed by atoms with Crippen LogP contribution in [-0.4, -0.2) is 34.8 Å². The molecule has 1 aromatic heterocycles. The molecule has 1 fully saturated rings. The van der Waals surface area contributed by atoms with Gasteiger partial charge in [-0.25, -0.2) is 9.78 Å². The Balaban J connectivity index is 2.12. The molecule has 0 spiro atoms. The number of carboxylic acid groups (broad SMARTS) is 1. The quantitative estimate of drug-likeness (QED) is 0.762. The zero-order valence-corrected chi connectivity index (χ0v) is 12.0. The van der Waals surface area contributed by atoms with E-state index in [4.69, 9.17) is 15.6 Å². The van der Waals surface area contributed by atoms with Crippen LogP contribution in [0.3, 0.4) is 0 Å². The van der Waals surface area contributed by atoms with E-state index in [-0.39, 0.29) is 23.3 Å². The summed E-state index contributed by atoms with van der Waals surface area (Å²) in [5.74, 6) is -0.633. The number of aromatic nitrogens is 1. The summed E-state index contributed by atoms with van der Waals surface area (Å²) < 4.78 is 5.67. The predicted molar refractivity (Wildman–Crippen MR) is 76.8 cm³/mol. The largest absolute Gasteiger partial charge is 0.477 e. The van der Waals surface area contributed by atoms with Crippen molar-refractivity contribution in [3.05, 3.63) is 17.8 Å². The van der Waals surface area contributed by atoms with Gasteiger partial charge in [0.15, 0.2) is 5.69 Å². The summed E-state index contributed by atoms with van der Waals surface area (Å²) in [4.78, 5) is 15.0. The maximum atomic E-state index is 10.9. The minimum atomic E-state index is -1.06. The van der Waals surface area contributed by atoms with Gasteiger partial charge in [-0.15, -0.1) is 0 Å². The van der Waals surface area contributed by atoms with E-state index in [9.17, 15) is 4.79 Å². The Hall–Kier alpha value is -1.82. The van der Waals surface area contributed by atoms with Crippen molar-refractivity contribution in [1.29, 1.82) is 0 Å². The maximum absolute atomic E-state index is 10.9. The fourth-order valence-electron chi connectivity index (χ4n) is 2.48. The number of hydrogen-bond acceptors (Lipinski definition) is 5. The van der Waals surface area contributed by atoms with Crippen molar-refractivity contribution in [2.75, 3.05) is 17.7 Å². The zero-order valence-electron chi connectivity index (χ0n) is 12.0. The van der Waals surface area contributed by atoms with Crippen LogP contribution in [0.1, 0.15) is 37.7 Å². The lowest BCUT2D eigenvalue weighted by Crippen LogP contribution is -2.58. The molecule has 0 aliphatic heterocycles. The highest BCUT2D eigenvalue weighted by atomic mass is 16.5. The number of hydrogen-bond donors (Lipinski definition) is 3. The lowest BCUT2D eigenvalue weighted by Gasteiger charge is -2.51. The highest BCUT2D eigenvalue weighted by Crippen LogP contribution is 2.44. The first kappa shape index (κ1) is 14.6. The molecule has 110 valence electrons. The Labute approximate surface area is 118 Å². The molecule has 1 aromatic rings. The SMILES string of the molecule is CCOC1CC(Nc2nc(C(=O)O)ccc2N)C1(C)C. The number of ether oxygens (including phenoxy) is 1. The summed E-state index contributed by atoms with van der Waals surface area (Å²) in [6, 6.07) is 3.13. The van der Waals surface area contributed by atoms with Crippen LogP contribution in [0, 0.1) is 5.41 Å². The Bertz CT molecular complexity index is 516. The van der Waals surface area contributed by atoms with E-state index in [1.807, 2.05) is 6.92 Å². The molecule has 4 N–H and O–H groups in total. The molecule has 0 amide bonds. The van der Waals surface area contributed by atoms with Gasteiger partial charge in [0.1, 0.15) is 5.82 Å². The summed E-state index contributed by atoms with van der Waals surface area (Å²) in [5.41, 5.74) is 6.25. The second-order valence-corrected chi connectivity index (χ2v) is 5.64. The van der Waals surface area contributed by atoms with Crippen LogP contribution in [0.15, 0.2) is 12.1 Å². The number of aromatic carboxylic acids is 1. The number of carboxylic acids is 1. The smallest absolute Gasteiger partial charge is 0.354 e. The van der Waals surface area contributed by atoms with Gasteiger partial charge in [0.05, 0.1) is 11.8 Å². The third-order valence-electron chi connectivity index (χ3n) is 4.00. The minimum Gasteiger partial charge on any atom is -0.477 e. The number of nitrogens with zero attached hydrogens (tertiary/aromatic N) is 1. The number of nitrogen functional groups attached to an aromatic ring is 1. The Morgan fingerprint density at radius 2 is 2.30 bits per heavy atom. The molecule has 1 aliphatic rings. The lowest BCUT2D eigenvalue weighted by atomic mass is 9.64. The van der Waals surface area contributed by atoms with E-state index in [0.29, 0.717) is 18.1 Å². The summed E-state index contributed by atoms with van der Waals surface area (Å²) in [6.45, 7) is 6.90. The number of carbonyl (C=O) groups is 1. The molecule has 0 radical (unpaired) electrons. The normalized spacial score (nSPS) is 23.9. The average Bonchev–Trinajstić information content (AvgIpc) is 2.39.